The Morgan fingerprint density at radius 2 is 1.95 bits per heavy atom. The number of halogens is 1. The van der Waals surface area contributed by atoms with Gasteiger partial charge in [-0.2, -0.15) is 11.8 Å². The Kier molecular flexibility index (Phi) is 6.19. The fourth-order valence-electron chi connectivity index (χ4n) is 1.93. The van der Waals surface area contributed by atoms with Crippen LogP contribution in [0, 0.1) is 0 Å². The van der Waals surface area contributed by atoms with E-state index in [1.165, 1.54) is 18.2 Å². The summed E-state index contributed by atoms with van der Waals surface area (Å²) in [5.74, 6) is 0. The van der Waals surface area contributed by atoms with Crippen molar-refractivity contribution in [3.63, 3.8) is 0 Å². The molecule has 3 N–H and O–H groups in total. The van der Waals surface area contributed by atoms with Crippen LogP contribution in [0.2, 0.25) is 5.02 Å². The van der Waals surface area contributed by atoms with Crippen LogP contribution in [-0.4, -0.2) is 26.0 Å². The lowest BCUT2D eigenvalue weighted by Crippen LogP contribution is -2.39. The molecule has 1 rings (SSSR count). The zero-order chi connectivity index (χ0) is 15.4. The lowest BCUT2D eigenvalue weighted by atomic mass is 10.0. The van der Waals surface area contributed by atoms with Crippen LogP contribution in [0.15, 0.2) is 23.1 Å². The predicted molar refractivity (Wildman–Crippen MR) is 87.9 cm³/mol. The average Bonchev–Trinajstić information content (AvgIpc) is 2.40. The molecule has 114 valence electrons. The molecule has 4 nitrogen and oxygen atoms in total. The van der Waals surface area contributed by atoms with E-state index in [0.29, 0.717) is 11.6 Å². The standard InChI is InChI=1S/C13H21ClN2O2S2/c1-4-13(5-2,19-3)9-16-20(17,18)12-7-6-10(14)8-11(12)15/h6-8,16H,4-5,9,15H2,1-3H3. The van der Waals surface area contributed by atoms with Gasteiger partial charge in [0.05, 0.1) is 5.69 Å². The number of anilines is 1. The van der Waals surface area contributed by atoms with Crippen molar-refractivity contribution < 1.29 is 8.42 Å². The van der Waals surface area contributed by atoms with E-state index in [9.17, 15) is 8.42 Å². The van der Waals surface area contributed by atoms with Crippen LogP contribution >= 0.6 is 23.4 Å². The number of nitrogens with one attached hydrogen (secondary N) is 1. The second-order valence-electron chi connectivity index (χ2n) is 4.60. The van der Waals surface area contributed by atoms with Crippen LogP contribution in [0.25, 0.3) is 0 Å². The molecule has 0 aliphatic rings. The Morgan fingerprint density at radius 1 is 1.35 bits per heavy atom. The highest BCUT2D eigenvalue weighted by molar-refractivity contribution is 8.00. The SMILES string of the molecule is CCC(CC)(CNS(=O)(=O)c1ccc(Cl)cc1N)SC. The highest BCUT2D eigenvalue weighted by Crippen LogP contribution is 2.30. The van der Waals surface area contributed by atoms with Crippen molar-refractivity contribution in [1.29, 1.82) is 0 Å². The van der Waals surface area contributed by atoms with E-state index >= 15 is 0 Å². The molecule has 0 fully saturated rings. The lowest BCUT2D eigenvalue weighted by Gasteiger charge is -2.29. The Morgan fingerprint density at radius 3 is 2.40 bits per heavy atom. The van der Waals surface area contributed by atoms with Gasteiger partial charge >= 0.3 is 0 Å². The van der Waals surface area contributed by atoms with Gasteiger partial charge in [-0.1, -0.05) is 25.4 Å². The van der Waals surface area contributed by atoms with Crippen molar-refractivity contribution >= 4 is 39.1 Å². The van der Waals surface area contributed by atoms with E-state index in [0.717, 1.165) is 12.8 Å². The third-order valence-corrected chi connectivity index (χ3v) is 6.87. The Balaban J connectivity index is 2.96. The molecule has 0 atom stereocenters. The van der Waals surface area contributed by atoms with E-state index < -0.39 is 10.0 Å². The highest BCUT2D eigenvalue weighted by Gasteiger charge is 2.28. The molecular formula is C13H21ClN2O2S2. The van der Waals surface area contributed by atoms with Gasteiger partial charge in [-0.25, -0.2) is 13.1 Å². The Labute approximate surface area is 130 Å². The van der Waals surface area contributed by atoms with Crippen LogP contribution in [0.1, 0.15) is 26.7 Å². The van der Waals surface area contributed by atoms with Gasteiger partial charge in [0.1, 0.15) is 4.90 Å². The summed E-state index contributed by atoms with van der Waals surface area (Å²) in [7, 11) is -3.62. The summed E-state index contributed by atoms with van der Waals surface area (Å²) >= 11 is 7.47. The molecule has 7 heteroatoms. The third-order valence-electron chi connectivity index (χ3n) is 3.57. The first-order valence-corrected chi connectivity index (χ1v) is 9.48. The smallest absolute Gasteiger partial charge is 0.242 e. The minimum absolute atomic E-state index is 0.0732. The van der Waals surface area contributed by atoms with Gasteiger partial charge in [0, 0.05) is 16.3 Å². The molecule has 0 saturated carbocycles. The van der Waals surface area contributed by atoms with Crippen LogP contribution in [-0.2, 0) is 10.0 Å². The Hall–Kier alpha value is -0.430. The summed E-state index contributed by atoms with van der Waals surface area (Å²) < 4.78 is 27.2. The first-order valence-electron chi connectivity index (χ1n) is 6.40. The van der Waals surface area contributed by atoms with Gasteiger partial charge in [-0.3, -0.25) is 0 Å². The number of benzene rings is 1. The van der Waals surface area contributed by atoms with Crippen molar-refractivity contribution in [2.45, 2.75) is 36.3 Å². The first kappa shape index (κ1) is 17.6. The van der Waals surface area contributed by atoms with Crippen molar-refractivity contribution in [2.75, 3.05) is 18.5 Å². The largest absolute Gasteiger partial charge is 0.398 e. The molecule has 20 heavy (non-hydrogen) atoms. The number of nitrogens with two attached hydrogens (primary N) is 1. The number of thioether (sulfide) groups is 1. The second kappa shape index (κ2) is 7.02. The van der Waals surface area contributed by atoms with Gasteiger partial charge in [0.2, 0.25) is 10.0 Å². The topological polar surface area (TPSA) is 72.2 Å². The molecule has 0 unspecified atom stereocenters. The summed E-state index contributed by atoms with van der Waals surface area (Å²) in [4.78, 5) is 0.0732. The van der Waals surface area contributed by atoms with E-state index in [4.69, 9.17) is 17.3 Å². The third kappa shape index (κ3) is 4.04. The molecule has 0 aromatic heterocycles. The van der Waals surface area contributed by atoms with Crippen molar-refractivity contribution in [3.05, 3.63) is 23.2 Å². The maximum atomic E-state index is 12.3. The van der Waals surface area contributed by atoms with Crippen molar-refractivity contribution in [3.8, 4) is 0 Å². The van der Waals surface area contributed by atoms with Crippen LogP contribution in [0.5, 0.6) is 0 Å². The van der Waals surface area contributed by atoms with Crippen LogP contribution in [0.4, 0.5) is 5.69 Å². The Bertz CT molecular complexity index is 549. The number of sulfonamides is 1. The zero-order valence-electron chi connectivity index (χ0n) is 11.9. The van der Waals surface area contributed by atoms with Crippen molar-refractivity contribution in [2.24, 2.45) is 0 Å². The summed E-state index contributed by atoms with van der Waals surface area (Å²) in [6.45, 7) is 4.50. The normalized spacial score (nSPS) is 12.6. The maximum Gasteiger partial charge on any atom is 0.242 e. The summed E-state index contributed by atoms with van der Waals surface area (Å²) in [5, 5.41) is 0.419. The van der Waals surface area contributed by atoms with E-state index in [2.05, 4.69) is 18.6 Å². The molecule has 0 radical (unpaired) electrons. The second-order valence-corrected chi connectivity index (χ2v) is 8.05. The van der Waals surface area contributed by atoms with Gasteiger partial charge in [-0.05, 0) is 37.3 Å². The molecular weight excluding hydrogens is 316 g/mol. The predicted octanol–water partition coefficient (Wildman–Crippen LogP) is 3.12. The fourth-order valence-corrected chi connectivity index (χ4v) is 4.23. The molecule has 0 amide bonds. The van der Waals surface area contributed by atoms with Crippen molar-refractivity contribution in [1.82, 2.24) is 4.72 Å². The lowest BCUT2D eigenvalue weighted by molar-refractivity contribution is 0.522. The van der Waals surface area contributed by atoms with E-state index in [-0.39, 0.29) is 15.3 Å². The van der Waals surface area contributed by atoms with Gasteiger partial charge in [0.25, 0.3) is 0 Å². The summed E-state index contributed by atoms with van der Waals surface area (Å²) in [6, 6.07) is 4.39. The number of hydrogen-bond acceptors (Lipinski definition) is 4. The van der Waals surface area contributed by atoms with E-state index in [1.54, 1.807) is 11.8 Å². The minimum Gasteiger partial charge on any atom is -0.398 e. The zero-order valence-corrected chi connectivity index (χ0v) is 14.3. The maximum absolute atomic E-state index is 12.3. The summed E-state index contributed by atoms with van der Waals surface area (Å²) in [5.41, 5.74) is 5.90. The number of hydrogen-bond donors (Lipinski definition) is 2. The molecule has 1 aromatic rings. The molecule has 0 aliphatic heterocycles. The number of nitrogen functional groups attached to an aromatic ring is 1. The summed E-state index contributed by atoms with van der Waals surface area (Å²) in [6.07, 6.45) is 3.78. The minimum atomic E-state index is -3.62. The monoisotopic (exact) mass is 336 g/mol. The molecule has 0 saturated heterocycles. The average molecular weight is 337 g/mol. The fraction of sp³-hybridized carbons (Fsp3) is 0.538. The molecule has 0 aliphatic carbocycles. The first-order chi connectivity index (χ1) is 9.30. The quantitative estimate of drug-likeness (QED) is 0.750. The van der Waals surface area contributed by atoms with Gasteiger partial charge < -0.3 is 5.73 Å². The van der Waals surface area contributed by atoms with Crippen LogP contribution < -0.4 is 10.5 Å². The number of rotatable bonds is 7. The van der Waals surface area contributed by atoms with Crippen LogP contribution in [0.3, 0.4) is 0 Å². The van der Waals surface area contributed by atoms with Gasteiger partial charge in [0.15, 0.2) is 0 Å². The molecule has 1 aromatic carbocycles. The molecule has 0 bridgehead atoms. The van der Waals surface area contributed by atoms with Gasteiger partial charge in [-0.15, -0.1) is 0 Å². The van der Waals surface area contributed by atoms with E-state index in [1.807, 2.05) is 6.26 Å². The highest BCUT2D eigenvalue weighted by atomic mass is 35.5. The molecule has 0 heterocycles. The molecule has 0 spiro atoms.